The second-order valence-corrected chi connectivity index (χ2v) is 7.65. The lowest BCUT2D eigenvalue weighted by Gasteiger charge is -2.33. The zero-order valence-corrected chi connectivity index (χ0v) is 14.6. The predicted octanol–water partition coefficient (Wildman–Crippen LogP) is 0.689. The standard InChI is InChI=1S/C18H27N5O2/c24-16(20-13-4-5-13)11-23-8-6-14(7-9-23)21-18(25)15-3-1-2-12-10-19-22-17(12)15/h10,13-15H,1-9,11H2,(H,19,22)(H,20,24)(H,21,25). The average molecular weight is 345 g/mol. The molecule has 1 saturated carbocycles. The van der Waals surface area contributed by atoms with E-state index in [2.05, 4.69) is 25.7 Å². The van der Waals surface area contributed by atoms with Crippen LogP contribution in [0.4, 0.5) is 0 Å². The first-order chi connectivity index (χ1) is 12.2. The number of aromatic amines is 1. The number of aryl methyl sites for hydroxylation is 1. The molecule has 2 heterocycles. The van der Waals surface area contributed by atoms with Crippen molar-refractivity contribution in [3.63, 3.8) is 0 Å². The van der Waals surface area contributed by atoms with Crippen molar-refractivity contribution >= 4 is 11.8 Å². The molecule has 0 aromatic carbocycles. The van der Waals surface area contributed by atoms with E-state index in [0.717, 1.165) is 63.7 Å². The van der Waals surface area contributed by atoms with Crippen LogP contribution in [-0.2, 0) is 16.0 Å². The molecular formula is C18H27N5O2. The number of H-pyrrole nitrogens is 1. The Labute approximate surface area is 147 Å². The van der Waals surface area contributed by atoms with Gasteiger partial charge in [-0.3, -0.25) is 19.6 Å². The molecule has 1 aliphatic heterocycles. The number of piperidine rings is 1. The predicted molar refractivity (Wildman–Crippen MR) is 93.0 cm³/mol. The smallest absolute Gasteiger partial charge is 0.234 e. The van der Waals surface area contributed by atoms with Gasteiger partial charge in [-0.15, -0.1) is 0 Å². The molecule has 1 aromatic rings. The number of carbonyl (C=O) groups excluding carboxylic acids is 2. The summed E-state index contributed by atoms with van der Waals surface area (Å²) in [6.07, 6.45) is 8.85. The summed E-state index contributed by atoms with van der Waals surface area (Å²) in [5, 5.41) is 13.4. The van der Waals surface area contributed by atoms with Crippen LogP contribution in [0.3, 0.4) is 0 Å². The van der Waals surface area contributed by atoms with Gasteiger partial charge in [0.25, 0.3) is 0 Å². The Hall–Kier alpha value is -1.89. The van der Waals surface area contributed by atoms with Crippen LogP contribution in [0.25, 0.3) is 0 Å². The molecule has 3 aliphatic rings. The summed E-state index contributed by atoms with van der Waals surface area (Å²) in [7, 11) is 0. The van der Waals surface area contributed by atoms with Crippen molar-refractivity contribution in [1.82, 2.24) is 25.7 Å². The number of hydrogen-bond donors (Lipinski definition) is 3. The van der Waals surface area contributed by atoms with Gasteiger partial charge in [0, 0.05) is 25.2 Å². The lowest BCUT2D eigenvalue weighted by molar-refractivity contribution is -0.125. The third kappa shape index (κ3) is 4.03. The molecule has 25 heavy (non-hydrogen) atoms. The molecule has 0 radical (unpaired) electrons. The maximum atomic E-state index is 12.7. The van der Waals surface area contributed by atoms with E-state index in [-0.39, 0.29) is 23.8 Å². The number of likely N-dealkylation sites (tertiary alicyclic amines) is 1. The van der Waals surface area contributed by atoms with Crippen molar-refractivity contribution in [2.45, 2.75) is 62.9 Å². The number of aromatic nitrogens is 2. The zero-order chi connectivity index (χ0) is 17.2. The topological polar surface area (TPSA) is 90.1 Å². The Morgan fingerprint density at radius 1 is 1.12 bits per heavy atom. The van der Waals surface area contributed by atoms with Crippen molar-refractivity contribution in [2.75, 3.05) is 19.6 Å². The highest BCUT2D eigenvalue weighted by Gasteiger charge is 2.31. The van der Waals surface area contributed by atoms with Gasteiger partial charge >= 0.3 is 0 Å². The third-order valence-corrected chi connectivity index (χ3v) is 5.60. The number of amides is 2. The van der Waals surface area contributed by atoms with E-state index >= 15 is 0 Å². The fourth-order valence-corrected chi connectivity index (χ4v) is 3.97. The number of nitrogens with one attached hydrogen (secondary N) is 3. The highest BCUT2D eigenvalue weighted by atomic mass is 16.2. The van der Waals surface area contributed by atoms with Gasteiger partial charge < -0.3 is 10.6 Å². The van der Waals surface area contributed by atoms with E-state index < -0.39 is 0 Å². The molecule has 1 aromatic heterocycles. The van der Waals surface area contributed by atoms with Crippen molar-refractivity contribution in [2.24, 2.45) is 0 Å². The van der Waals surface area contributed by atoms with E-state index in [1.165, 1.54) is 5.56 Å². The minimum atomic E-state index is -0.0893. The fraction of sp³-hybridized carbons (Fsp3) is 0.722. The molecule has 1 unspecified atom stereocenters. The molecule has 0 spiro atoms. The SMILES string of the molecule is O=C(CN1CCC(NC(=O)C2CCCc3cn[nH]c32)CC1)NC1CC1. The summed E-state index contributed by atoms with van der Waals surface area (Å²) in [6.45, 7) is 2.21. The molecule has 4 rings (SSSR count). The number of hydrogen-bond acceptors (Lipinski definition) is 4. The average Bonchev–Trinajstić information content (AvgIpc) is 3.28. The van der Waals surface area contributed by atoms with Crippen LogP contribution >= 0.6 is 0 Å². The summed E-state index contributed by atoms with van der Waals surface area (Å²) < 4.78 is 0. The quantitative estimate of drug-likeness (QED) is 0.732. The van der Waals surface area contributed by atoms with Gasteiger partial charge in [-0.05, 0) is 50.5 Å². The van der Waals surface area contributed by atoms with Gasteiger partial charge in [-0.25, -0.2) is 0 Å². The highest BCUT2D eigenvalue weighted by Crippen LogP contribution is 2.30. The van der Waals surface area contributed by atoms with Crippen molar-refractivity contribution in [3.8, 4) is 0 Å². The van der Waals surface area contributed by atoms with Crippen molar-refractivity contribution in [3.05, 3.63) is 17.5 Å². The van der Waals surface area contributed by atoms with Gasteiger partial charge in [-0.2, -0.15) is 5.10 Å². The minimum absolute atomic E-state index is 0.0893. The Bertz CT molecular complexity index is 631. The molecule has 2 fully saturated rings. The Morgan fingerprint density at radius 2 is 1.88 bits per heavy atom. The van der Waals surface area contributed by atoms with Crippen LogP contribution < -0.4 is 10.6 Å². The fourth-order valence-electron chi connectivity index (χ4n) is 3.97. The van der Waals surface area contributed by atoms with Crippen LogP contribution in [0, 0.1) is 0 Å². The largest absolute Gasteiger partial charge is 0.353 e. The monoisotopic (exact) mass is 345 g/mol. The van der Waals surface area contributed by atoms with Crippen molar-refractivity contribution in [1.29, 1.82) is 0 Å². The third-order valence-electron chi connectivity index (χ3n) is 5.60. The van der Waals surface area contributed by atoms with Crippen molar-refractivity contribution < 1.29 is 9.59 Å². The molecule has 2 amide bonds. The summed E-state index contributed by atoms with van der Waals surface area (Å²) in [5.41, 5.74) is 2.18. The number of fused-ring (bicyclic) bond motifs is 1. The maximum absolute atomic E-state index is 12.7. The van der Waals surface area contributed by atoms with Gasteiger partial charge in [-0.1, -0.05) is 0 Å². The summed E-state index contributed by atoms with van der Waals surface area (Å²) in [6, 6.07) is 0.635. The second kappa shape index (κ2) is 7.15. The van der Waals surface area contributed by atoms with Gasteiger partial charge in [0.1, 0.15) is 0 Å². The van der Waals surface area contributed by atoms with Crippen LogP contribution in [-0.4, -0.2) is 58.6 Å². The minimum Gasteiger partial charge on any atom is -0.353 e. The molecule has 7 nitrogen and oxygen atoms in total. The van der Waals surface area contributed by atoms with E-state index in [1.54, 1.807) is 0 Å². The lowest BCUT2D eigenvalue weighted by atomic mass is 9.87. The van der Waals surface area contributed by atoms with Crippen LogP contribution in [0.1, 0.15) is 55.7 Å². The maximum Gasteiger partial charge on any atom is 0.234 e. The molecular weight excluding hydrogens is 318 g/mol. The van der Waals surface area contributed by atoms with Crippen LogP contribution in [0.2, 0.25) is 0 Å². The number of rotatable bonds is 5. The molecule has 1 atom stereocenters. The second-order valence-electron chi connectivity index (χ2n) is 7.65. The Balaban J connectivity index is 1.23. The first-order valence-electron chi connectivity index (χ1n) is 9.53. The first-order valence-corrected chi connectivity index (χ1v) is 9.53. The Kier molecular flexibility index (Phi) is 4.74. The molecule has 7 heteroatoms. The van der Waals surface area contributed by atoms with E-state index in [1.807, 2.05) is 6.20 Å². The summed E-state index contributed by atoms with van der Waals surface area (Å²) in [4.78, 5) is 26.8. The van der Waals surface area contributed by atoms with Crippen LogP contribution in [0.5, 0.6) is 0 Å². The Morgan fingerprint density at radius 3 is 2.64 bits per heavy atom. The zero-order valence-electron chi connectivity index (χ0n) is 14.6. The lowest BCUT2D eigenvalue weighted by Crippen LogP contribution is -2.48. The van der Waals surface area contributed by atoms with Gasteiger partial charge in [0.15, 0.2) is 0 Å². The molecule has 1 saturated heterocycles. The molecule has 2 aliphatic carbocycles. The first kappa shape index (κ1) is 16.6. The van der Waals surface area contributed by atoms with E-state index in [9.17, 15) is 9.59 Å². The van der Waals surface area contributed by atoms with E-state index in [4.69, 9.17) is 0 Å². The number of carbonyl (C=O) groups is 2. The van der Waals surface area contributed by atoms with Crippen LogP contribution in [0.15, 0.2) is 6.20 Å². The highest BCUT2D eigenvalue weighted by molar-refractivity contribution is 5.84. The number of nitrogens with zero attached hydrogens (tertiary/aromatic N) is 2. The molecule has 136 valence electrons. The molecule has 0 bridgehead atoms. The van der Waals surface area contributed by atoms with Gasteiger partial charge in [0.2, 0.25) is 11.8 Å². The summed E-state index contributed by atoms with van der Waals surface area (Å²) in [5.74, 6) is 0.169. The summed E-state index contributed by atoms with van der Waals surface area (Å²) >= 11 is 0. The van der Waals surface area contributed by atoms with Gasteiger partial charge in [0.05, 0.1) is 24.4 Å². The van der Waals surface area contributed by atoms with E-state index in [0.29, 0.717) is 12.6 Å². The molecule has 3 N–H and O–H groups in total. The normalized spacial score (nSPS) is 24.6.